The van der Waals surface area contributed by atoms with Crippen LogP contribution in [0.2, 0.25) is 0 Å². The summed E-state index contributed by atoms with van der Waals surface area (Å²) < 4.78 is 5.32. The predicted octanol–water partition coefficient (Wildman–Crippen LogP) is 3.52. The summed E-state index contributed by atoms with van der Waals surface area (Å²) in [7, 11) is 1.64. The Kier molecular flexibility index (Phi) is 7.13. The van der Waals surface area contributed by atoms with E-state index in [0.29, 0.717) is 24.8 Å². The molecule has 1 aromatic rings. The van der Waals surface area contributed by atoms with Crippen molar-refractivity contribution < 1.29 is 14.3 Å². The molecule has 0 aromatic heterocycles. The van der Waals surface area contributed by atoms with Crippen LogP contribution in [0.1, 0.15) is 56.9 Å². The minimum Gasteiger partial charge on any atom is -0.496 e. The van der Waals surface area contributed by atoms with Crippen LogP contribution in [-0.2, 0) is 16.1 Å². The molecule has 2 aliphatic rings. The molecule has 0 bridgehead atoms. The molecule has 148 valence electrons. The van der Waals surface area contributed by atoms with Crippen molar-refractivity contribution in [1.29, 1.82) is 0 Å². The maximum Gasteiger partial charge on any atom is 0.225 e. The van der Waals surface area contributed by atoms with Crippen molar-refractivity contribution in [2.24, 2.45) is 11.8 Å². The summed E-state index contributed by atoms with van der Waals surface area (Å²) in [5, 5.41) is 3.01. The van der Waals surface area contributed by atoms with E-state index in [2.05, 4.69) is 5.32 Å². The highest BCUT2D eigenvalue weighted by atomic mass is 16.5. The second-order valence-electron chi connectivity index (χ2n) is 7.90. The van der Waals surface area contributed by atoms with Gasteiger partial charge in [-0.2, -0.15) is 0 Å². The normalized spacial score (nSPS) is 18.9. The number of carbonyl (C=O) groups is 2. The molecular formula is C22H32N2O3. The average molecular weight is 373 g/mol. The van der Waals surface area contributed by atoms with Crippen molar-refractivity contribution in [2.75, 3.05) is 20.2 Å². The fourth-order valence-electron chi connectivity index (χ4n) is 4.34. The first-order chi connectivity index (χ1) is 13.2. The van der Waals surface area contributed by atoms with E-state index in [0.717, 1.165) is 50.1 Å². The topological polar surface area (TPSA) is 58.6 Å². The maximum absolute atomic E-state index is 12.6. The first-order valence-electron chi connectivity index (χ1n) is 10.3. The fourth-order valence-corrected chi connectivity index (χ4v) is 4.34. The van der Waals surface area contributed by atoms with Crippen LogP contribution in [-0.4, -0.2) is 36.9 Å². The molecule has 2 fully saturated rings. The van der Waals surface area contributed by atoms with E-state index in [1.807, 2.05) is 29.2 Å². The summed E-state index contributed by atoms with van der Waals surface area (Å²) in [6.07, 6.45) is 8.18. The Bertz CT molecular complexity index is 632. The molecule has 5 heteroatoms. The molecule has 1 heterocycles. The lowest BCUT2D eigenvalue weighted by Gasteiger charge is -2.35. The molecular weight excluding hydrogens is 340 g/mol. The number of nitrogens with one attached hydrogen (secondary N) is 1. The number of benzene rings is 1. The zero-order valence-corrected chi connectivity index (χ0v) is 16.4. The van der Waals surface area contributed by atoms with Crippen LogP contribution in [0.25, 0.3) is 0 Å². The van der Waals surface area contributed by atoms with Crippen molar-refractivity contribution in [1.82, 2.24) is 10.2 Å². The molecule has 1 aliphatic carbocycles. The van der Waals surface area contributed by atoms with Crippen LogP contribution < -0.4 is 10.1 Å². The lowest BCUT2D eigenvalue weighted by molar-refractivity contribution is -0.138. The molecule has 27 heavy (non-hydrogen) atoms. The number of methoxy groups -OCH3 is 1. The number of para-hydroxylation sites is 1. The van der Waals surface area contributed by atoms with Crippen LogP contribution >= 0.6 is 0 Å². The number of hydrogen-bond acceptors (Lipinski definition) is 3. The molecule has 1 aliphatic heterocycles. The van der Waals surface area contributed by atoms with E-state index in [-0.39, 0.29) is 11.8 Å². The second kappa shape index (κ2) is 9.77. The smallest absolute Gasteiger partial charge is 0.225 e. The Morgan fingerprint density at radius 2 is 1.78 bits per heavy atom. The quantitative estimate of drug-likeness (QED) is 0.831. The molecule has 0 spiro atoms. The van der Waals surface area contributed by atoms with Gasteiger partial charge in [-0.15, -0.1) is 0 Å². The predicted molar refractivity (Wildman–Crippen MR) is 105 cm³/mol. The summed E-state index contributed by atoms with van der Waals surface area (Å²) in [5.41, 5.74) is 0.987. The zero-order chi connectivity index (χ0) is 19.1. The van der Waals surface area contributed by atoms with Gasteiger partial charge in [0, 0.05) is 37.5 Å². The molecule has 1 N–H and O–H groups in total. The highest BCUT2D eigenvalue weighted by Gasteiger charge is 2.29. The van der Waals surface area contributed by atoms with Gasteiger partial charge in [0.1, 0.15) is 5.75 Å². The number of likely N-dealkylation sites (tertiary alicyclic amines) is 1. The Labute approximate surface area is 162 Å². The standard InChI is InChI=1S/C22H32N2O3/c1-27-20-10-6-5-9-19(20)16-23-21(25)15-17-11-13-24(14-12-17)22(26)18-7-3-2-4-8-18/h5-6,9-10,17-18H,2-4,7-8,11-16H2,1H3,(H,23,25). The first kappa shape index (κ1) is 19.7. The molecule has 2 amide bonds. The van der Waals surface area contributed by atoms with Crippen LogP contribution in [0, 0.1) is 11.8 Å². The molecule has 0 unspecified atom stereocenters. The Hall–Kier alpha value is -2.04. The Morgan fingerprint density at radius 3 is 2.48 bits per heavy atom. The van der Waals surface area contributed by atoms with Crippen LogP contribution in [0.5, 0.6) is 5.75 Å². The van der Waals surface area contributed by atoms with Crippen molar-refractivity contribution in [3.63, 3.8) is 0 Å². The monoisotopic (exact) mass is 372 g/mol. The van der Waals surface area contributed by atoms with Gasteiger partial charge in [-0.1, -0.05) is 37.5 Å². The van der Waals surface area contributed by atoms with E-state index in [1.54, 1.807) is 7.11 Å². The van der Waals surface area contributed by atoms with Gasteiger partial charge >= 0.3 is 0 Å². The largest absolute Gasteiger partial charge is 0.496 e. The lowest BCUT2D eigenvalue weighted by Crippen LogP contribution is -2.43. The summed E-state index contributed by atoms with van der Waals surface area (Å²) in [4.78, 5) is 27.0. The van der Waals surface area contributed by atoms with E-state index in [4.69, 9.17) is 4.74 Å². The molecule has 5 nitrogen and oxygen atoms in total. The summed E-state index contributed by atoms with van der Waals surface area (Å²) in [5.74, 6) is 1.86. The van der Waals surface area contributed by atoms with E-state index < -0.39 is 0 Å². The third-order valence-electron chi connectivity index (χ3n) is 6.02. The van der Waals surface area contributed by atoms with Gasteiger partial charge in [0.05, 0.1) is 7.11 Å². The van der Waals surface area contributed by atoms with Crippen molar-refractivity contribution >= 4 is 11.8 Å². The van der Waals surface area contributed by atoms with Gasteiger partial charge in [-0.05, 0) is 37.7 Å². The first-order valence-corrected chi connectivity index (χ1v) is 10.3. The zero-order valence-electron chi connectivity index (χ0n) is 16.4. The number of ether oxygens (including phenoxy) is 1. The molecule has 3 rings (SSSR count). The average Bonchev–Trinajstić information content (AvgIpc) is 2.73. The minimum atomic E-state index is 0.0814. The van der Waals surface area contributed by atoms with Gasteiger partial charge in [-0.3, -0.25) is 9.59 Å². The lowest BCUT2D eigenvalue weighted by atomic mass is 9.87. The Balaban J connectivity index is 1.39. The molecule has 0 radical (unpaired) electrons. The number of carbonyl (C=O) groups excluding carboxylic acids is 2. The number of hydrogen-bond donors (Lipinski definition) is 1. The van der Waals surface area contributed by atoms with Crippen molar-refractivity contribution in [3.8, 4) is 5.75 Å². The van der Waals surface area contributed by atoms with Crippen molar-refractivity contribution in [3.05, 3.63) is 29.8 Å². The van der Waals surface area contributed by atoms with E-state index in [1.165, 1.54) is 19.3 Å². The highest BCUT2D eigenvalue weighted by Crippen LogP contribution is 2.28. The van der Waals surface area contributed by atoms with Gasteiger partial charge in [0.2, 0.25) is 11.8 Å². The fraction of sp³-hybridized carbons (Fsp3) is 0.636. The molecule has 0 atom stereocenters. The summed E-state index contributed by atoms with van der Waals surface area (Å²) in [6.45, 7) is 2.10. The van der Waals surface area contributed by atoms with E-state index in [9.17, 15) is 9.59 Å². The maximum atomic E-state index is 12.6. The summed E-state index contributed by atoms with van der Waals surface area (Å²) in [6, 6.07) is 7.74. The van der Waals surface area contributed by atoms with Crippen LogP contribution in [0.4, 0.5) is 0 Å². The third-order valence-corrected chi connectivity index (χ3v) is 6.02. The molecule has 1 aromatic carbocycles. The minimum absolute atomic E-state index is 0.0814. The number of amides is 2. The van der Waals surface area contributed by atoms with Gasteiger partial charge in [0.25, 0.3) is 0 Å². The van der Waals surface area contributed by atoms with Crippen LogP contribution in [0.15, 0.2) is 24.3 Å². The van der Waals surface area contributed by atoms with Crippen LogP contribution in [0.3, 0.4) is 0 Å². The van der Waals surface area contributed by atoms with Gasteiger partial charge in [0.15, 0.2) is 0 Å². The SMILES string of the molecule is COc1ccccc1CNC(=O)CC1CCN(C(=O)C2CCCCC2)CC1. The highest BCUT2D eigenvalue weighted by molar-refractivity contribution is 5.79. The number of nitrogens with zero attached hydrogens (tertiary/aromatic N) is 1. The molecule has 1 saturated heterocycles. The molecule has 1 saturated carbocycles. The Morgan fingerprint density at radius 1 is 1.07 bits per heavy atom. The van der Waals surface area contributed by atoms with Gasteiger partial charge < -0.3 is 15.0 Å². The second-order valence-corrected chi connectivity index (χ2v) is 7.90. The number of piperidine rings is 1. The summed E-state index contributed by atoms with van der Waals surface area (Å²) >= 11 is 0. The van der Waals surface area contributed by atoms with Gasteiger partial charge in [-0.25, -0.2) is 0 Å². The number of rotatable bonds is 6. The third kappa shape index (κ3) is 5.47. The van der Waals surface area contributed by atoms with E-state index >= 15 is 0 Å². The van der Waals surface area contributed by atoms with Crippen molar-refractivity contribution in [2.45, 2.75) is 57.9 Å².